The van der Waals surface area contributed by atoms with Crippen LogP contribution >= 0.6 is 0 Å². The van der Waals surface area contributed by atoms with E-state index in [0.29, 0.717) is 0 Å². The lowest BCUT2D eigenvalue weighted by Gasteiger charge is -2.11. The fraction of sp³-hybridized carbons (Fsp3) is 0.308. The minimum Gasteiger partial charge on any atom is -0.497 e. The van der Waals surface area contributed by atoms with Crippen LogP contribution < -0.4 is 10.1 Å². The first-order valence-corrected chi connectivity index (χ1v) is 5.67. The van der Waals surface area contributed by atoms with E-state index >= 15 is 0 Å². The molecule has 0 aliphatic heterocycles. The molecular formula is C13H17N3O. The number of methoxy groups -OCH3 is 1. The van der Waals surface area contributed by atoms with Crippen LogP contribution in [0.2, 0.25) is 0 Å². The number of anilines is 2. The minimum absolute atomic E-state index is 0.840. The number of hydrogen-bond donors (Lipinski definition) is 1. The van der Waals surface area contributed by atoms with Crippen molar-refractivity contribution in [2.75, 3.05) is 12.4 Å². The lowest BCUT2D eigenvalue weighted by Crippen LogP contribution is -2.02. The average molecular weight is 231 g/mol. The lowest BCUT2D eigenvalue weighted by atomic mass is 10.2. The number of rotatable bonds is 4. The highest BCUT2D eigenvalue weighted by Crippen LogP contribution is 2.24. The summed E-state index contributed by atoms with van der Waals surface area (Å²) in [7, 11) is 1.67. The van der Waals surface area contributed by atoms with E-state index in [1.54, 1.807) is 13.3 Å². The van der Waals surface area contributed by atoms with Crippen LogP contribution in [0, 0.1) is 6.92 Å². The molecule has 4 heteroatoms. The molecule has 4 nitrogen and oxygen atoms in total. The summed E-state index contributed by atoms with van der Waals surface area (Å²) >= 11 is 0. The third-order valence-electron chi connectivity index (χ3n) is 2.75. The SMILES string of the molecule is CCn1ccnc1Nc1cc(OC)ccc1C. The van der Waals surface area contributed by atoms with Crippen molar-refractivity contribution in [1.29, 1.82) is 0 Å². The van der Waals surface area contributed by atoms with Gasteiger partial charge in [-0.05, 0) is 25.5 Å². The lowest BCUT2D eigenvalue weighted by molar-refractivity contribution is 0.415. The number of imidazole rings is 1. The van der Waals surface area contributed by atoms with Crippen LogP contribution in [0.15, 0.2) is 30.6 Å². The molecule has 0 radical (unpaired) electrons. The van der Waals surface area contributed by atoms with E-state index in [4.69, 9.17) is 4.74 Å². The summed E-state index contributed by atoms with van der Waals surface area (Å²) in [4.78, 5) is 4.29. The first kappa shape index (κ1) is 11.5. The summed E-state index contributed by atoms with van der Waals surface area (Å²) in [6.07, 6.45) is 3.75. The maximum Gasteiger partial charge on any atom is 0.207 e. The second kappa shape index (κ2) is 4.91. The van der Waals surface area contributed by atoms with E-state index in [0.717, 1.165) is 29.5 Å². The third kappa shape index (κ3) is 2.41. The summed E-state index contributed by atoms with van der Waals surface area (Å²) in [5.41, 5.74) is 2.18. The minimum atomic E-state index is 0.840. The second-order valence-corrected chi connectivity index (χ2v) is 3.84. The largest absolute Gasteiger partial charge is 0.497 e. The Balaban J connectivity index is 2.29. The zero-order chi connectivity index (χ0) is 12.3. The van der Waals surface area contributed by atoms with Crippen molar-refractivity contribution in [2.45, 2.75) is 20.4 Å². The molecule has 0 spiro atoms. The Labute approximate surface area is 101 Å². The Kier molecular flexibility index (Phi) is 3.32. The predicted molar refractivity (Wildman–Crippen MR) is 68.9 cm³/mol. The fourth-order valence-electron chi connectivity index (χ4n) is 1.67. The molecule has 0 aliphatic carbocycles. The summed E-state index contributed by atoms with van der Waals surface area (Å²) in [6, 6.07) is 5.96. The quantitative estimate of drug-likeness (QED) is 0.879. The third-order valence-corrected chi connectivity index (χ3v) is 2.75. The standard InChI is InChI=1S/C13H17N3O/c1-4-16-8-7-14-13(16)15-12-9-11(17-3)6-5-10(12)2/h5-9H,4H2,1-3H3,(H,14,15). The number of nitrogens with zero attached hydrogens (tertiary/aromatic N) is 2. The summed E-state index contributed by atoms with van der Waals surface area (Å²) in [5.74, 6) is 1.69. The number of hydrogen-bond acceptors (Lipinski definition) is 3. The van der Waals surface area contributed by atoms with Crippen LogP contribution in [0.4, 0.5) is 11.6 Å². The van der Waals surface area contributed by atoms with Crippen molar-refractivity contribution in [3.63, 3.8) is 0 Å². The first-order chi connectivity index (χ1) is 8.24. The maximum atomic E-state index is 5.22. The van der Waals surface area contributed by atoms with Gasteiger partial charge in [0, 0.05) is 30.7 Å². The van der Waals surface area contributed by atoms with Gasteiger partial charge in [0.2, 0.25) is 5.95 Å². The molecule has 90 valence electrons. The van der Waals surface area contributed by atoms with Gasteiger partial charge in [-0.1, -0.05) is 6.07 Å². The summed E-state index contributed by atoms with van der Waals surface area (Å²) in [6.45, 7) is 5.04. The topological polar surface area (TPSA) is 39.1 Å². The Bertz CT molecular complexity index is 505. The number of nitrogens with one attached hydrogen (secondary N) is 1. The number of aryl methyl sites for hydroxylation is 2. The highest BCUT2D eigenvalue weighted by molar-refractivity contribution is 5.61. The van der Waals surface area contributed by atoms with E-state index in [9.17, 15) is 0 Å². The van der Waals surface area contributed by atoms with Crippen LogP contribution in [0.25, 0.3) is 0 Å². The molecule has 0 aliphatic rings. The molecule has 2 aromatic rings. The molecule has 0 saturated heterocycles. The molecule has 1 heterocycles. The zero-order valence-electron chi connectivity index (χ0n) is 10.4. The number of ether oxygens (including phenoxy) is 1. The van der Waals surface area contributed by atoms with E-state index < -0.39 is 0 Å². The van der Waals surface area contributed by atoms with Crippen molar-refractivity contribution >= 4 is 11.6 Å². The normalized spacial score (nSPS) is 10.3. The Morgan fingerprint density at radius 1 is 1.41 bits per heavy atom. The average Bonchev–Trinajstić information content (AvgIpc) is 2.79. The summed E-state index contributed by atoms with van der Waals surface area (Å²) < 4.78 is 7.27. The van der Waals surface area contributed by atoms with Gasteiger partial charge in [0.15, 0.2) is 0 Å². The fourth-order valence-corrected chi connectivity index (χ4v) is 1.67. The molecule has 0 saturated carbocycles. The van der Waals surface area contributed by atoms with Crippen LogP contribution in [-0.2, 0) is 6.54 Å². The van der Waals surface area contributed by atoms with E-state index in [2.05, 4.69) is 28.7 Å². The monoisotopic (exact) mass is 231 g/mol. The molecular weight excluding hydrogens is 214 g/mol. The molecule has 1 aromatic carbocycles. The molecule has 0 atom stereocenters. The van der Waals surface area contributed by atoms with Crippen molar-refractivity contribution < 1.29 is 4.74 Å². The summed E-state index contributed by atoms with van der Waals surface area (Å²) in [5, 5.41) is 3.32. The Morgan fingerprint density at radius 2 is 2.24 bits per heavy atom. The van der Waals surface area contributed by atoms with Crippen molar-refractivity contribution in [2.24, 2.45) is 0 Å². The van der Waals surface area contributed by atoms with Gasteiger partial charge in [0.25, 0.3) is 0 Å². The predicted octanol–water partition coefficient (Wildman–Crippen LogP) is 2.96. The van der Waals surface area contributed by atoms with Crippen molar-refractivity contribution in [1.82, 2.24) is 9.55 Å². The van der Waals surface area contributed by atoms with Gasteiger partial charge < -0.3 is 14.6 Å². The molecule has 1 N–H and O–H groups in total. The second-order valence-electron chi connectivity index (χ2n) is 3.84. The van der Waals surface area contributed by atoms with Crippen LogP contribution in [-0.4, -0.2) is 16.7 Å². The molecule has 17 heavy (non-hydrogen) atoms. The van der Waals surface area contributed by atoms with Crippen LogP contribution in [0.3, 0.4) is 0 Å². The Morgan fingerprint density at radius 3 is 2.94 bits per heavy atom. The van der Waals surface area contributed by atoms with Crippen molar-refractivity contribution in [3.8, 4) is 5.75 Å². The van der Waals surface area contributed by atoms with Gasteiger partial charge in [-0.3, -0.25) is 0 Å². The highest BCUT2D eigenvalue weighted by Gasteiger charge is 2.05. The smallest absolute Gasteiger partial charge is 0.207 e. The molecule has 0 unspecified atom stereocenters. The van der Waals surface area contributed by atoms with Gasteiger partial charge in [-0.25, -0.2) is 4.98 Å². The van der Waals surface area contributed by atoms with Crippen molar-refractivity contribution in [3.05, 3.63) is 36.2 Å². The molecule has 0 bridgehead atoms. The maximum absolute atomic E-state index is 5.22. The molecule has 0 fully saturated rings. The van der Waals surface area contributed by atoms with E-state index in [-0.39, 0.29) is 0 Å². The van der Waals surface area contributed by atoms with Gasteiger partial charge in [0.1, 0.15) is 5.75 Å². The number of aromatic nitrogens is 2. The number of benzene rings is 1. The molecule has 1 aromatic heterocycles. The first-order valence-electron chi connectivity index (χ1n) is 5.67. The molecule has 0 amide bonds. The van der Waals surface area contributed by atoms with Crippen LogP contribution in [0.5, 0.6) is 5.75 Å². The van der Waals surface area contributed by atoms with Gasteiger partial charge in [-0.15, -0.1) is 0 Å². The van der Waals surface area contributed by atoms with E-state index in [1.807, 2.05) is 24.4 Å². The zero-order valence-corrected chi connectivity index (χ0v) is 10.4. The van der Waals surface area contributed by atoms with Gasteiger partial charge in [-0.2, -0.15) is 0 Å². The van der Waals surface area contributed by atoms with Gasteiger partial charge in [0.05, 0.1) is 7.11 Å². The van der Waals surface area contributed by atoms with E-state index in [1.165, 1.54) is 0 Å². The highest BCUT2D eigenvalue weighted by atomic mass is 16.5. The van der Waals surface area contributed by atoms with Gasteiger partial charge >= 0.3 is 0 Å². The molecule has 2 rings (SSSR count). The Hall–Kier alpha value is -1.97. The van der Waals surface area contributed by atoms with Crippen LogP contribution in [0.1, 0.15) is 12.5 Å².